The second-order valence-electron chi connectivity index (χ2n) is 4.83. The molecule has 0 bridgehead atoms. The summed E-state index contributed by atoms with van der Waals surface area (Å²) < 4.78 is 6.06. The number of nitrogens with one attached hydrogen (secondary N) is 1. The summed E-state index contributed by atoms with van der Waals surface area (Å²) in [5.74, 6) is 1.72. The number of benzene rings is 2. The Morgan fingerprint density at radius 3 is 2.60 bits per heavy atom. The molecule has 20 heavy (non-hydrogen) atoms. The SMILES string of the molecule is CCNC(C)c1ccccc1Oc1ccc(Cl)cc1C. The highest BCUT2D eigenvalue weighted by molar-refractivity contribution is 6.30. The highest BCUT2D eigenvalue weighted by Crippen LogP contribution is 2.32. The Labute approximate surface area is 125 Å². The molecule has 0 saturated carbocycles. The molecular formula is C17H20ClNO. The van der Waals surface area contributed by atoms with E-state index < -0.39 is 0 Å². The topological polar surface area (TPSA) is 21.3 Å². The normalized spacial score (nSPS) is 12.2. The minimum absolute atomic E-state index is 0.254. The van der Waals surface area contributed by atoms with Crippen LogP contribution in [0.5, 0.6) is 11.5 Å². The lowest BCUT2D eigenvalue weighted by molar-refractivity contribution is 0.460. The van der Waals surface area contributed by atoms with Gasteiger partial charge in [-0.05, 0) is 50.2 Å². The zero-order chi connectivity index (χ0) is 14.5. The van der Waals surface area contributed by atoms with E-state index >= 15 is 0 Å². The minimum atomic E-state index is 0.254. The van der Waals surface area contributed by atoms with Gasteiger partial charge in [0.05, 0.1) is 0 Å². The third-order valence-electron chi connectivity index (χ3n) is 3.25. The fourth-order valence-corrected chi connectivity index (χ4v) is 2.42. The molecular weight excluding hydrogens is 270 g/mol. The lowest BCUT2D eigenvalue weighted by atomic mass is 10.1. The molecule has 0 aromatic heterocycles. The third kappa shape index (κ3) is 3.53. The predicted octanol–water partition coefficient (Wildman–Crippen LogP) is 5.11. The van der Waals surface area contributed by atoms with Gasteiger partial charge >= 0.3 is 0 Å². The summed E-state index contributed by atoms with van der Waals surface area (Å²) >= 11 is 5.98. The second-order valence-corrected chi connectivity index (χ2v) is 5.27. The zero-order valence-corrected chi connectivity index (χ0v) is 12.9. The van der Waals surface area contributed by atoms with E-state index in [1.54, 1.807) is 0 Å². The Bertz CT molecular complexity index is 583. The lowest BCUT2D eigenvalue weighted by Gasteiger charge is -2.18. The maximum atomic E-state index is 6.06. The fourth-order valence-electron chi connectivity index (χ4n) is 2.19. The molecule has 0 spiro atoms. The molecule has 0 radical (unpaired) electrons. The van der Waals surface area contributed by atoms with E-state index in [-0.39, 0.29) is 6.04 Å². The van der Waals surface area contributed by atoms with Gasteiger partial charge in [-0.3, -0.25) is 0 Å². The standard InChI is InChI=1S/C17H20ClNO/c1-4-19-13(3)15-7-5-6-8-17(15)20-16-10-9-14(18)11-12(16)2/h5-11,13,19H,4H2,1-3H3. The second kappa shape index (κ2) is 6.78. The molecule has 0 aliphatic heterocycles. The molecule has 2 rings (SSSR count). The predicted molar refractivity (Wildman–Crippen MR) is 84.8 cm³/mol. The molecule has 1 atom stereocenters. The van der Waals surface area contributed by atoms with Gasteiger partial charge in [-0.1, -0.05) is 36.7 Å². The van der Waals surface area contributed by atoms with Gasteiger partial charge in [0.15, 0.2) is 0 Å². The molecule has 3 heteroatoms. The van der Waals surface area contributed by atoms with Crippen molar-refractivity contribution in [2.75, 3.05) is 6.54 Å². The zero-order valence-electron chi connectivity index (χ0n) is 12.1. The van der Waals surface area contributed by atoms with Crippen LogP contribution >= 0.6 is 11.6 Å². The Kier molecular flexibility index (Phi) is 5.05. The van der Waals surface area contributed by atoms with Crippen molar-refractivity contribution >= 4 is 11.6 Å². The van der Waals surface area contributed by atoms with Gasteiger partial charge in [0, 0.05) is 16.6 Å². The molecule has 0 amide bonds. The maximum absolute atomic E-state index is 6.06. The van der Waals surface area contributed by atoms with E-state index in [1.807, 2.05) is 43.3 Å². The number of aryl methyl sites for hydroxylation is 1. The molecule has 0 saturated heterocycles. The quantitative estimate of drug-likeness (QED) is 0.826. The van der Waals surface area contributed by atoms with E-state index in [2.05, 4.69) is 25.2 Å². The summed E-state index contributed by atoms with van der Waals surface area (Å²) in [6, 6.07) is 14.0. The molecule has 0 heterocycles. The molecule has 0 aliphatic carbocycles. The van der Waals surface area contributed by atoms with Crippen molar-refractivity contribution in [1.82, 2.24) is 5.32 Å². The van der Waals surface area contributed by atoms with Crippen molar-refractivity contribution in [2.24, 2.45) is 0 Å². The van der Waals surface area contributed by atoms with E-state index in [1.165, 1.54) is 0 Å². The van der Waals surface area contributed by atoms with Gasteiger partial charge in [0.1, 0.15) is 11.5 Å². The summed E-state index contributed by atoms with van der Waals surface area (Å²) in [5, 5.41) is 4.14. The van der Waals surface area contributed by atoms with Crippen LogP contribution in [-0.2, 0) is 0 Å². The summed E-state index contributed by atoms with van der Waals surface area (Å²) in [6.45, 7) is 7.16. The van der Waals surface area contributed by atoms with Crippen LogP contribution in [0.25, 0.3) is 0 Å². The molecule has 1 N–H and O–H groups in total. The van der Waals surface area contributed by atoms with Crippen LogP contribution in [0, 0.1) is 6.92 Å². The van der Waals surface area contributed by atoms with Crippen LogP contribution in [-0.4, -0.2) is 6.54 Å². The molecule has 2 aromatic rings. The molecule has 0 fully saturated rings. The smallest absolute Gasteiger partial charge is 0.132 e. The molecule has 1 unspecified atom stereocenters. The summed E-state index contributed by atoms with van der Waals surface area (Å²) in [5.41, 5.74) is 2.19. The van der Waals surface area contributed by atoms with Crippen molar-refractivity contribution in [1.29, 1.82) is 0 Å². The van der Waals surface area contributed by atoms with Gasteiger partial charge < -0.3 is 10.1 Å². The first-order chi connectivity index (χ1) is 9.61. The molecule has 2 aromatic carbocycles. The molecule has 0 aliphatic rings. The molecule has 2 nitrogen and oxygen atoms in total. The fraction of sp³-hybridized carbons (Fsp3) is 0.294. The van der Waals surface area contributed by atoms with Crippen LogP contribution in [0.15, 0.2) is 42.5 Å². The first kappa shape index (κ1) is 14.9. The van der Waals surface area contributed by atoms with Crippen molar-refractivity contribution in [3.63, 3.8) is 0 Å². The third-order valence-corrected chi connectivity index (χ3v) is 3.49. The van der Waals surface area contributed by atoms with Gasteiger partial charge in [-0.2, -0.15) is 0 Å². The number of halogens is 1. The van der Waals surface area contributed by atoms with Crippen molar-refractivity contribution in [2.45, 2.75) is 26.8 Å². The van der Waals surface area contributed by atoms with Crippen molar-refractivity contribution in [3.8, 4) is 11.5 Å². The number of hydrogen-bond acceptors (Lipinski definition) is 2. The van der Waals surface area contributed by atoms with Gasteiger partial charge in [-0.25, -0.2) is 0 Å². The Balaban J connectivity index is 2.29. The van der Waals surface area contributed by atoms with Gasteiger partial charge in [-0.15, -0.1) is 0 Å². The van der Waals surface area contributed by atoms with Crippen LogP contribution in [0.2, 0.25) is 5.02 Å². The van der Waals surface area contributed by atoms with Crippen LogP contribution < -0.4 is 10.1 Å². The first-order valence-electron chi connectivity index (χ1n) is 6.88. The van der Waals surface area contributed by atoms with E-state index in [9.17, 15) is 0 Å². The maximum Gasteiger partial charge on any atom is 0.132 e. The summed E-state index contributed by atoms with van der Waals surface area (Å²) in [7, 11) is 0. The summed E-state index contributed by atoms with van der Waals surface area (Å²) in [4.78, 5) is 0. The number of para-hydroxylation sites is 1. The average Bonchev–Trinajstić information content (AvgIpc) is 2.43. The highest BCUT2D eigenvalue weighted by Gasteiger charge is 2.11. The Morgan fingerprint density at radius 1 is 1.15 bits per heavy atom. The van der Waals surface area contributed by atoms with Gasteiger partial charge in [0.2, 0.25) is 0 Å². The Morgan fingerprint density at radius 2 is 1.90 bits per heavy atom. The Hall–Kier alpha value is -1.51. The monoisotopic (exact) mass is 289 g/mol. The minimum Gasteiger partial charge on any atom is -0.457 e. The summed E-state index contributed by atoms with van der Waals surface area (Å²) in [6.07, 6.45) is 0. The number of ether oxygens (including phenoxy) is 1. The van der Waals surface area contributed by atoms with E-state index in [0.29, 0.717) is 0 Å². The first-order valence-corrected chi connectivity index (χ1v) is 7.26. The lowest BCUT2D eigenvalue weighted by Crippen LogP contribution is -2.18. The van der Waals surface area contributed by atoms with E-state index in [0.717, 1.165) is 34.2 Å². The van der Waals surface area contributed by atoms with Gasteiger partial charge in [0.25, 0.3) is 0 Å². The van der Waals surface area contributed by atoms with Crippen LogP contribution in [0.3, 0.4) is 0 Å². The largest absolute Gasteiger partial charge is 0.457 e. The highest BCUT2D eigenvalue weighted by atomic mass is 35.5. The number of rotatable bonds is 5. The van der Waals surface area contributed by atoms with Crippen molar-refractivity contribution < 1.29 is 4.74 Å². The van der Waals surface area contributed by atoms with Crippen LogP contribution in [0.4, 0.5) is 0 Å². The van der Waals surface area contributed by atoms with E-state index in [4.69, 9.17) is 16.3 Å². The average molecular weight is 290 g/mol. The number of hydrogen-bond donors (Lipinski definition) is 1. The molecule has 106 valence electrons. The van der Waals surface area contributed by atoms with Crippen molar-refractivity contribution in [3.05, 3.63) is 58.6 Å². The van der Waals surface area contributed by atoms with Crippen LogP contribution in [0.1, 0.15) is 31.0 Å².